The third-order valence-electron chi connectivity index (χ3n) is 5.78. The van der Waals surface area contributed by atoms with Crippen molar-refractivity contribution in [2.24, 2.45) is 0 Å². The van der Waals surface area contributed by atoms with E-state index in [0.29, 0.717) is 18.9 Å². The molecule has 5 rings (SSSR count). The van der Waals surface area contributed by atoms with Gasteiger partial charge in [-0.25, -0.2) is 4.79 Å². The molecule has 2 aromatic carbocycles. The van der Waals surface area contributed by atoms with E-state index in [9.17, 15) is 4.79 Å². The van der Waals surface area contributed by atoms with Gasteiger partial charge in [-0.1, -0.05) is 12.1 Å². The van der Waals surface area contributed by atoms with Crippen molar-refractivity contribution < 1.29 is 19.0 Å². The Morgan fingerprint density at radius 2 is 2.10 bits per heavy atom. The molecule has 7 nitrogen and oxygen atoms in total. The Hall–Kier alpha value is -3.35. The van der Waals surface area contributed by atoms with Crippen LogP contribution in [0.15, 0.2) is 42.5 Å². The van der Waals surface area contributed by atoms with Crippen molar-refractivity contribution in [3.05, 3.63) is 53.7 Å². The van der Waals surface area contributed by atoms with Crippen molar-refractivity contribution in [2.45, 2.75) is 31.4 Å². The van der Waals surface area contributed by atoms with E-state index in [1.54, 1.807) is 7.11 Å². The SMILES string of the molecule is COc1ccc2[nH]c3c(c2c1)CCCC3NC(=O)NCC1COc2ccccc2O1. The van der Waals surface area contributed by atoms with Gasteiger partial charge in [-0.3, -0.25) is 0 Å². The van der Waals surface area contributed by atoms with Crippen LogP contribution in [0.3, 0.4) is 0 Å². The standard InChI is InChI=1S/C23H25N3O4/c1-28-14-9-10-18-17(11-14)16-5-4-6-19(22(16)25-18)26-23(27)24-12-15-13-29-20-7-2-3-8-21(20)30-15/h2-3,7-11,15,19,25H,4-6,12-13H2,1H3,(H2,24,26,27). The third-order valence-corrected chi connectivity index (χ3v) is 5.78. The molecule has 2 atom stereocenters. The van der Waals surface area contributed by atoms with E-state index in [-0.39, 0.29) is 18.2 Å². The van der Waals surface area contributed by atoms with Crippen molar-refractivity contribution in [1.82, 2.24) is 15.6 Å². The number of aromatic amines is 1. The summed E-state index contributed by atoms with van der Waals surface area (Å²) in [6, 6.07) is 13.4. The Kier molecular flexibility index (Phi) is 4.86. The number of aromatic nitrogens is 1. The monoisotopic (exact) mass is 407 g/mol. The molecule has 0 saturated carbocycles. The van der Waals surface area contributed by atoms with E-state index in [1.165, 1.54) is 10.9 Å². The number of carbonyl (C=O) groups is 1. The Balaban J connectivity index is 1.23. The van der Waals surface area contributed by atoms with E-state index >= 15 is 0 Å². The zero-order valence-corrected chi connectivity index (χ0v) is 16.9. The van der Waals surface area contributed by atoms with Gasteiger partial charge in [0.2, 0.25) is 0 Å². The number of ether oxygens (including phenoxy) is 3. The molecule has 1 aliphatic carbocycles. The van der Waals surface area contributed by atoms with Crippen LogP contribution < -0.4 is 24.8 Å². The van der Waals surface area contributed by atoms with Crippen LogP contribution in [-0.4, -0.2) is 37.4 Å². The number of hydrogen-bond donors (Lipinski definition) is 3. The van der Waals surface area contributed by atoms with E-state index in [4.69, 9.17) is 14.2 Å². The van der Waals surface area contributed by atoms with Crippen LogP contribution >= 0.6 is 0 Å². The summed E-state index contributed by atoms with van der Waals surface area (Å²) in [6.07, 6.45) is 2.71. The lowest BCUT2D eigenvalue weighted by Crippen LogP contribution is -2.45. The highest BCUT2D eigenvalue weighted by Gasteiger charge is 2.27. The average Bonchev–Trinajstić information content (AvgIpc) is 3.16. The number of H-pyrrole nitrogens is 1. The van der Waals surface area contributed by atoms with Crippen LogP contribution in [0.1, 0.15) is 30.1 Å². The number of urea groups is 1. The van der Waals surface area contributed by atoms with Crippen molar-refractivity contribution in [3.63, 3.8) is 0 Å². The van der Waals surface area contributed by atoms with Crippen molar-refractivity contribution >= 4 is 16.9 Å². The zero-order valence-electron chi connectivity index (χ0n) is 16.9. The van der Waals surface area contributed by atoms with Gasteiger partial charge in [0.05, 0.1) is 19.7 Å². The fourth-order valence-corrected chi connectivity index (χ4v) is 4.29. The largest absolute Gasteiger partial charge is 0.497 e. The van der Waals surface area contributed by atoms with E-state index < -0.39 is 0 Å². The summed E-state index contributed by atoms with van der Waals surface area (Å²) >= 11 is 0. The third kappa shape index (κ3) is 3.51. The summed E-state index contributed by atoms with van der Waals surface area (Å²) in [5.41, 5.74) is 3.42. The maximum absolute atomic E-state index is 12.6. The first-order valence-electron chi connectivity index (χ1n) is 10.3. The van der Waals surface area contributed by atoms with E-state index in [0.717, 1.165) is 42.0 Å². The minimum atomic E-state index is -0.215. The molecule has 2 aliphatic rings. The molecule has 7 heteroatoms. The number of nitrogens with one attached hydrogen (secondary N) is 3. The first-order chi connectivity index (χ1) is 14.7. The van der Waals surface area contributed by atoms with Crippen LogP contribution in [0.4, 0.5) is 4.79 Å². The smallest absolute Gasteiger partial charge is 0.315 e. The summed E-state index contributed by atoms with van der Waals surface area (Å²) in [7, 11) is 1.68. The number of hydrogen-bond acceptors (Lipinski definition) is 4. The van der Waals surface area contributed by atoms with Gasteiger partial charge in [-0.2, -0.15) is 0 Å². The lowest BCUT2D eigenvalue weighted by molar-refractivity contribution is 0.0916. The number of methoxy groups -OCH3 is 1. The summed E-state index contributed by atoms with van der Waals surface area (Å²) < 4.78 is 17.0. The van der Waals surface area contributed by atoms with Crippen LogP contribution in [0.2, 0.25) is 0 Å². The zero-order chi connectivity index (χ0) is 20.5. The maximum atomic E-state index is 12.6. The lowest BCUT2D eigenvalue weighted by atomic mass is 9.92. The van der Waals surface area contributed by atoms with Gasteiger partial charge in [0, 0.05) is 16.6 Å². The number of carbonyl (C=O) groups excluding carboxylic acids is 1. The van der Waals surface area contributed by atoms with Crippen LogP contribution in [0, 0.1) is 0 Å². The second kappa shape index (κ2) is 7.82. The first kappa shape index (κ1) is 18.7. The van der Waals surface area contributed by atoms with Crippen molar-refractivity contribution in [1.29, 1.82) is 0 Å². The molecule has 2 amide bonds. The normalized spacial score (nSPS) is 19.8. The Morgan fingerprint density at radius 3 is 2.97 bits per heavy atom. The highest BCUT2D eigenvalue weighted by molar-refractivity contribution is 5.87. The van der Waals surface area contributed by atoms with Gasteiger partial charge in [-0.15, -0.1) is 0 Å². The predicted molar refractivity (Wildman–Crippen MR) is 113 cm³/mol. The van der Waals surface area contributed by atoms with Gasteiger partial charge in [0.1, 0.15) is 12.4 Å². The average molecular weight is 407 g/mol. The molecule has 2 heterocycles. The van der Waals surface area contributed by atoms with Gasteiger partial charge in [0.15, 0.2) is 17.6 Å². The molecular weight excluding hydrogens is 382 g/mol. The molecule has 0 spiro atoms. The summed E-state index contributed by atoms with van der Waals surface area (Å²) in [5.74, 6) is 2.29. The second-order valence-electron chi connectivity index (χ2n) is 7.73. The van der Waals surface area contributed by atoms with Crippen molar-refractivity contribution in [3.8, 4) is 17.2 Å². The highest BCUT2D eigenvalue weighted by atomic mass is 16.6. The van der Waals surface area contributed by atoms with Gasteiger partial charge >= 0.3 is 6.03 Å². The summed E-state index contributed by atoms with van der Waals surface area (Å²) in [5, 5.41) is 7.21. The number of fused-ring (bicyclic) bond motifs is 4. The lowest BCUT2D eigenvalue weighted by Gasteiger charge is -2.27. The fraction of sp³-hybridized carbons (Fsp3) is 0.348. The van der Waals surface area contributed by atoms with Crippen LogP contribution in [0.5, 0.6) is 17.2 Å². The first-order valence-corrected chi connectivity index (χ1v) is 10.3. The quantitative estimate of drug-likeness (QED) is 0.616. The van der Waals surface area contributed by atoms with Gasteiger partial charge in [-0.05, 0) is 55.2 Å². The Morgan fingerprint density at radius 1 is 1.23 bits per heavy atom. The fourth-order valence-electron chi connectivity index (χ4n) is 4.29. The Bertz CT molecular complexity index is 1080. The summed E-state index contributed by atoms with van der Waals surface area (Å²) in [6.45, 7) is 0.790. The number of para-hydroxylation sites is 2. The molecule has 30 heavy (non-hydrogen) atoms. The molecule has 0 fully saturated rings. The molecule has 1 aliphatic heterocycles. The molecule has 156 valence electrons. The van der Waals surface area contributed by atoms with Gasteiger partial charge in [0.25, 0.3) is 0 Å². The minimum Gasteiger partial charge on any atom is -0.497 e. The highest BCUT2D eigenvalue weighted by Crippen LogP contribution is 2.36. The molecule has 0 radical (unpaired) electrons. The number of amides is 2. The molecule has 3 aromatic rings. The van der Waals surface area contributed by atoms with Gasteiger partial charge < -0.3 is 29.8 Å². The molecule has 2 unspecified atom stereocenters. The molecular formula is C23H25N3O4. The molecule has 3 N–H and O–H groups in total. The molecule has 1 aromatic heterocycles. The second-order valence-corrected chi connectivity index (χ2v) is 7.73. The Labute approximate surface area is 174 Å². The predicted octanol–water partition coefficient (Wildman–Crippen LogP) is 3.69. The topological polar surface area (TPSA) is 84.6 Å². The number of rotatable bonds is 4. The number of benzene rings is 2. The molecule has 0 bridgehead atoms. The number of aryl methyl sites for hydroxylation is 1. The minimum absolute atomic E-state index is 0.0450. The summed E-state index contributed by atoms with van der Waals surface area (Å²) in [4.78, 5) is 16.1. The maximum Gasteiger partial charge on any atom is 0.315 e. The molecule has 0 saturated heterocycles. The van der Waals surface area contributed by atoms with Crippen LogP contribution in [-0.2, 0) is 6.42 Å². The van der Waals surface area contributed by atoms with E-state index in [2.05, 4.69) is 21.7 Å². The van der Waals surface area contributed by atoms with Crippen LogP contribution in [0.25, 0.3) is 10.9 Å². The van der Waals surface area contributed by atoms with Crippen molar-refractivity contribution in [2.75, 3.05) is 20.3 Å². The van der Waals surface area contributed by atoms with E-state index in [1.807, 2.05) is 36.4 Å².